The predicted octanol–water partition coefficient (Wildman–Crippen LogP) is 3.69. The van der Waals surface area contributed by atoms with E-state index >= 15 is 0 Å². The molecule has 0 aliphatic rings. The lowest BCUT2D eigenvalue weighted by atomic mass is 10.1. The van der Waals surface area contributed by atoms with E-state index < -0.39 is 0 Å². The van der Waals surface area contributed by atoms with Gasteiger partial charge in [-0.05, 0) is 49.5 Å². The van der Waals surface area contributed by atoms with Gasteiger partial charge in [-0.15, -0.1) is 0 Å². The molecule has 0 bridgehead atoms. The van der Waals surface area contributed by atoms with Crippen LogP contribution in [0.4, 0.5) is 5.82 Å². The van der Waals surface area contributed by atoms with Gasteiger partial charge >= 0.3 is 0 Å². The average molecular weight is 358 g/mol. The fourth-order valence-electron chi connectivity index (χ4n) is 3.08. The smallest absolute Gasteiger partial charge is 0.140 e. The number of hydrogen-bond acceptors (Lipinski definition) is 5. The Balaban J connectivity index is 1.64. The van der Waals surface area contributed by atoms with Crippen LogP contribution in [0.25, 0.3) is 22.3 Å². The van der Waals surface area contributed by atoms with Gasteiger partial charge in [-0.2, -0.15) is 0 Å². The van der Waals surface area contributed by atoms with Gasteiger partial charge in [0.25, 0.3) is 0 Å². The van der Waals surface area contributed by atoms with Gasteiger partial charge in [0.15, 0.2) is 0 Å². The van der Waals surface area contributed by atoms with E-state index in [1.807, 2.05) is 36.8 Å². The first-order valence-electron chi connectivity index (χ1n) is 8.90. The summed E-state index contributed by atoms with van der Waals surface area (Å²) in [5, 5.41) is 4.45. The maximum absolute atomic E-state index is 4.69. The summed E-state index contributed by atoms with van der Waals surface area (Å²) in [6.45, 7) is 1.54. The molecule has 4 rings (SSSR count). The summed E-state index contributed by atoms with van der Waals surface area (Å²) in [5.41, 5.74) is 5.15. The number of anilines is 1. The largest absolute Gasteiger partial charge is 0.366 e. The minimum Gasteiger partial charge on any atom is -0.366 e. The molecule has 0 atom stereocenters. The molecular formula is C21H22N6. The summed E-state index contributed by atoms with van der Waals surface area (Å²) in [5.74, 6) is 0.808. The molecule has 4 aromatic rings. The average Bonchev–Trinajstić information content (AvgIpc) is 3.15. The number of pyridine rings is 3. The molecule has 6 heteroatoms. The summed E-state index contributed by atoms with van der Waals surface area (Å²) in [6.07, 6.45) is 7.48. The minimum absolute atomic E-state index is 0.668. The molecule has 0 spiro atoms. The molecule has 6 nitrogen and oxygen atoms in total. The van der Waals surface area contributed by atoms with Crippen molar-refractivity contribution in [3.8, 4) is 11.3 Å². The van der Waals surface area contributed by atoms with E-state index in [1.165, 1.54) is 5.56 Å². The van der Waals surface area contributed by atoms with Gasteiger partial charge in [0, 0.05) is 48.8 Å². The van der Waals surface area contributed by atoms with Crippen molar-refractivity contribution in [2.45, 2.75) is 13.1 Å². The molecule has 0 radical (unpaired) electrons. The van der Waals surface area contributed by atoms with Gasteiger partial charge in [-0.3, -0.25) is 9.97 Å². The molecule has 27 heavy (non-hydrogen) atoms. The van der Waals surface area contributed by atoms with Crippen LogP contribution in [0.15, 0.2) is 61.2 Å². The van der Waals surface area contributed by atoms with Crippen molar-refractivity contribution in [2.75, 3.05) is 19.4 Å². The summed E-state index contributed by atoms with van der Waals surface area (Å²) < 4.78 is 0. The second-order valence-corrected chi connectivity index (χ2v) is 6.80. The zero-order valence-electron chi connectivity index (χ0n) is 15.5. The van der Waals surface area contributed by atoms with Crippen molar-refractivity contribution < 1.29 is 0 Å². The molecule has 0 aliphatic heterocycles. The maximum atomic E-state index is 4.69. The highest BCUT2D eigenvalue weighted by molar-refractivity contribution is 5.93. The number of hydrogen-bond donors (Lipinski definition) is 2. The van der Waals surface area contributed by atoms with E-state index in [0.717, 1.165) is 40.2 Å². The number of fused-ring (bicyclic) bond motifs is 1. The fraction of sp³-hybridized carbons (Fsp3) is 0.190. The van der Waals surface area contributed by atoms with Crippen LogP contribution in [-0.2, 0) is 13.1 Å². The second kappa shape index (κ2) is 7.55. The standard InChI is InChI=1S/C21H22N6/c1-27(2)14-16-5-6-19(24-13-16)18-10-20(26-21-17(18)7-9-23-21)25-12-15-4-3-8-22-11-15/h3-11,13H,12,14H2,1-2H3,(H2,23,25,26). The summed E-state index contributed by atoms with van der Waals surface area (Å²) in [6, 6.07) is 12.3. The quantitative estimate of drug-likeness (QED) is 0.550. The van der Waals surface area contributed by atoms with Crippen LogP contribution >= 0.6 is 0 Å². The van der Waals surface area contributed by atoms with Crippen molar-refractivity contribution in [1.82, 2.24) is 24.8 Å². The molecule has 0 fully saturated rings. The van der Waals surface area contributed by atoms with Gasteiger partial charge in [0.1, 0.15) is 11.5 Å². The van der Waals surface area contributed by atoms with E-state index in [2.05, 4.69) is 62.4 Å². The Morgan fingerprint density at radius 2 is 2.00 bits per heavy atom. The van der Waals surface area contributed by atoms with Crippen LogP contribution in [0.2, 0.25) is 0 Å². The van der Waals surface area contributed by atoms with E-state index in [4.69, 9.17) is 0 Å². The van der Waals surface area contributed by atoms with Crippen molar-refractivity contribution in [2.24, 2.45) is 0 Å². The van der Waals surface area contributed by atoms with Gasteiger partial charge in [0.05, 0.1) is 5.69 Å². The Labute approximate surface area is 158 Å². The first-order valence-corrected chi connectivity index (χ1v) is 8.90. The fourth-order valence-corrected chi connectivity index (χ4v) is 3.08. The molecule has 0 aliphatic carbocycles. The lowest BCUT2D eigenvalue weighted by Gasteiger charge is -2.11. The summed E-state index contributed by atoms with van der Waals surface area (Å²) >= 11 is 0. The Morgan fingerprint density at radius 1 is 1.07 bits per heavy atom. The lowest BCUT2D eigenvalue weighted by molar-refractivity contribution is 0.402. The Kier molecular flexibility index (Phi) is 4.80. The molecule has 0 amide bonds. The molecule has 0 aromatic carbocycles. The molecular weight excluding hydrogens is 336 g/mol. The molecule has 2 N–H and O–H groups in total. The van der Waals surface area contributed by atoms with Gasteiger partial charge < -0.3 is 15.2 Å². The van der Waals surface area contributed by atoms with E-state index in [0.29, 0.717) is 6.54 Å². The molecule has 4 aromatic heterocycles. The van der Waals surface area contributed by atoms with Crippen molar-refractivity contribution >= 4 is 16.9 Å². The number of nitrogens with zero attached hydrogens (tertiary/aromatic N) is 4. The summed E-state index contributed by atoms with van der Waals surface area (Å²) in [7, 11) is 4.11. The highest BCUT2D eigenvalue weighted by atomic mass is 15.0. The van der Waals surface area contributed by atoms with E-state index in [9.17, 15) is 0 Å². The number of H-pyrrole nitrogens is 1. The summed E-state index contributed by atoms with van der Waals surface area (Å²) in [4.78, 5) is 18.8. The predicted molar refractivity (Wildman–Crippen MR) is 108 cm³/mol. The van der Waals surface area contributed by atoms with Crippen LogP contribution in [0, 0.1) is 0 Å². The first kappa shape index (κ1) is 17.2. The molecule has 0 unspecified atom stereocenters. The van der Waals surface area contributed by atoms with Gasteiger partial charge in [-0.1, -0.05) is 12.1 Å². The number of aromatic amines is 1. The van der Waals surface area contributed by atoms with Crippen LogP contribution in [0.3, 0.4) is 0 Å². The Bertz CT molecular complexity index is 1020. The lowest BCUT2D eigenvalue weighted by Crippen LogP contribution is -2.10. The SMILES string of the molecule is CN(C)Cc1ccc(-c2cc(NCc3cccnc3)nc3[nH]ccc23)nc1. The topological polar surface area (TPSA) is 69.7 Å². The van der Waals surface area contributed by atoms with Crippen LogP contribution in [0.1, 0.15) is 11.1 Å². The van der Waals surface area contributed by atoms with Crippen LogP contribution < -0.4 is 5.32 Å². The van der Waals surface area contributed by atoms with Crippen molar-refractivity contribution in [3.63, 3.8) is 0 Å². The third kappa shape index (κ3) is 3.96. The van der Waals surface area contributed by atoms with E-state index in [1.54, 1.807) is 6.20 Å². The first-order chi connectivity index (χ1) is 13.2. The Morgan fingerprint density at radius 3 is 2.74 bits per heavy atom. The normalized spacial score (nSPS) is 11.2. The minimum atomic E-state index is 0.668. The number of aromatic nitrogens is 4. The third-order valence-electron chi connectivity index (χ3n) is 4.32. The molecule has 0 saturated heterocycles. The van der Waals surface area contributed by atoms with Crippen LogP contribution in [-0.4, -0.2) is 38.9 Å². The zero-order valence-corrected chi connectivity index (χ0v) is 15.5. The highest BCUT2D eigenvalue weighted by Gasteiger charge is 2.10. The van der Waals surface area contributed by atoms with Gasteiger partial charge in [0.2, 0.25) is 0 Å². The molecule has 0 saturated carbocycles. The van der Waals surface area contributed by atoms with Gasteiger partial charge in [-0.25, -0.2) is 4.98 Å². The van der Waals surface area contributed by atoms with Crippen molar-refractivity contribution in [3.05, 3.63) is 72.3 Å². The van der Waals surface area contributed by atoms with Crippen LogP contribution in [0.5, 0.6) is 0 Å². The van der Waals surface area contributed by atoms with Crippen molar-refractivity contribution in [1.29, 1.82) is 0 Å². The number of nitrogens with one attached hydrogen (secondary N) is 2. The second-order valence-electron chi connectivity index (χ2n) is 6.80. The molecule has 4 heterocycles. The zero-order chi connectivity index (χ0) is 18.6. The monoisotopic (exact) mass is 358 g/mol. The molecule has 136 valence electrons. The van der Waals surface area contributed by atoms with E-state index in [-0.39, 0.29) is 0 Å². The third-order valence-corrected chi connectivity index (χ3v) is 4.32. The number of rotatable bonds is 6. The Hall–Kier alpha value is -3.25. The maximum Gasteiger partial charge on any atom is 0.140 e. The highest BCUT2D eigenvalue weighted by Crippen LogP contribution is 2.29.